The van der Waals surface area contributed by atoms with Crippen LogP contribution in [0.15, 0.2) is 72.9 Å². The van der Waals surface area contributed by atoms with E-state index in [1.54, 1.807) is 12.5 Å². The number of rotatable bonds is 5. The molecule has 2 aliphatic rings. The van der Waals surface area contributed by atoms with Gasteiger partial charge in [-0.05, 0) is 55.7 Å². The highest BCUT2D eigenvalue weighted by Crippen LogP contribution is 2.35. The van der Waals surface area contributed by atoms with Crippen LogP contribution in [0.4, 0.5) is 11.5 Å². The van der Waals surface area contributed by atoms with E-state index in [4.69, 9.17) is 9.84 Å². The third-order valence-electron chi connectivity index (χ3n) is 6.65. The summed E-state index contributed by atoms with van der Waals surface area (Å²) in [6, 6.07) is 11.6. The lowest BCUT2D eigenvalue weighted by Crippen LogP contribution is -2.46. The van der Waals surface area contributed by atoms with Gasteiger partial charge in [-0.2, -0.15) is 5.10 Å². The highest BCUT2D eigenvalue weighted by atomic mass is 16.5. The Hall–Kier alpha value is -4.73. The number of pyridine rings is 1. The lowest BCUT2D eigenvalue weighted by atomic mass is 10.0. The fraction of sp³-hybridized carbons (Fsp3) is 0.222. The standard InChI is InChI=1S/C27H26N8O2/c1-3-23(36)34-12-10-19(11-13-34)35-27-24-21(15-29-26(24)30-16-31-27)25(33-35)32-18-5-7-20(8-6-18)37-22-9-4-17(2)14-28-22/h3-9,14-16,19H,1,10-13H2,2H3,(H,32,33)(H,29,30,31). The number of nitrogens with one attached hydrogen (secondary N) is 2. The van der Waals surface area contributed by atoms with Gasteiger partial charge in [-0.15, -0.1) is 0 Å². The number of amides is 1. The molecule has 2 aliphatic heterocycles. The predicted molar refractivity (Wildman–Crippen MR) is 142 cm³/mol. The van der Waals surface area contributed by atoms with Gasteiger partial charge in [0.1, 0.15) is 17.7 Å². The van der Waals surface area contributed by atoms with Crippen molar-refractivity contribution in [3.63, 3.8) is 0 Å². The number of amidine groups is 1. The third kappa shape index (κ3) is 4.37. The Balaban J connectivity index is 1.25. The average Bonchev–Trinajstić information content (AvgIpc) is 3.38. The fourth-order valence-electron chi connectivity index (χ4n) is 4.70. The number of piperidine rings is 1. The van der Waals surface area contributed by atoms with Gasteiger partial charge in [0.2, 0.25) is 11.8 Å². The number of carbonyl (C=O) groups excluding carboxylic acids is 1. The second-order valence-electron chi connectivity index (χ2n) is 9.10. The van der Waals surface area contributed by atoms with E-state index in [0.29, 0.717) is 30.6 Å². The van der Waals surface area contributed by atoms with E-state index in [1.165, 1.54) is 6.08 Å². The zero-order valence-corrected chi connectivity index (χ0v) is 20.4. The first-order valence-corrected chi connectivity index (χ1v) is 12.2. The van der Waals surface area contributed by atoms with Crippen molar-refractivity contribution in [1.82, 2.24) is 24.8 Å². The number of hydrogen-bond acceptors (Lipinski definition) is 8. The van der Waals surface area contributed by atoms with Crippen molar-refractivity contribution < 1.29 is 9.53 Å². The number of anilines is 2. The number of ether oxygens (including phenoxy) is 1. The quantitative estimate of drug-likeness (QED) is 0.400. The lowest BCUT2D eigenvalue weighted by Gasteiger charge is -2.37. The summed E-state index contributed by atoms with van der Waals surface area (Å²) >= 11 is 0. The van der Waals surface area contributed by atoms with Gasteiger partial charge in [0, 0.05) is 42.8 Å². The molecule has 3 aromatic heterocycles. The monoisotopic (exact) mass is 494 g/mol. The van der Waals surface area contributed by atoms with Crippen molar-refractivity contribution in [2.75, 3.05) is 23.4 Å². The molecule has 0 radical (unpaired) electrons. The molecule has 10 nitrogen and oxygen atoms in total. The van der Waals surface area contributed by atoms with E-state index in [0.717, 1.165) is 46.5 Å². The predicted octanol–water partition coefficient (Wildman–Crippen LogP) is 4.22. The van der Waals surface area contributed by atoms with E-state index in [-0.39, 0.29) is 11.9 Å². The molecule has 0 spiro atoms. The average molecular weight is 495 g/mol. The molecular weight excluding hydrogens is 468 g/mol. The molecule has 0 bridgehead atoms. The van der Waals surface area contributed by atoms with Crippen LogP contribution in [-0.4, -0.2) is 55.7 Å². The first-order chi connectivity index (χ1) is 18.1. The highest BCUT2D eigenvalue weighted by Gasteiger charge is 2.32. The van der Waals surface area contributed by atoms with Gasteiger partial charge in [-0.1, -0.05) is 12.6 Å². The summed E-state index contributed by atoms with van der Waals surface area (Å²) in [5, 5.41) is 11.3. The molecule has 1 fully saturated rings. The molecule has 0 atom stereocenters. The number of aromatic amines is 1. The number of benzene rings is 1. The van der Waals surface area contributed by atoms with Gasteiger partial charge in [0.25, 0.3) is 0 Å². The first-order valence-electron chi connectivity index (χ1n) is 12.2. The molecule has 10 heteroatoms. The minimum atomic E-state index is -0.0362. The second-order valence-corrected chi connectivity index (χ2v) is 9.10. The maximum atomic E-state index is 12.0. The van der Waals surface area contributed by atoms with E-state index < -0.39 is 0 Å². The van der Waals surface area contributed by atoms with Crippen LogP contribution in [0, 0.1) is 6.92 Å². The zero-order valence-electron chi connectivity index (χ0n) is 20.4. The number of H-pyrrole nitrogens is 1. The summed E-state index contributed by atoms with van der Waals surface area (Å²) in [6.07, 6.45) is 8.16. The van der Waals surface area contributed by atoms with Crippen LogP contribution in [0.1, 0.15) is 24.0 Å². The molecule has 0 unspecified atom stereocenters. The van der Waals surface area contributed by atoms with Gasteiger partial charge >= 0.3 is 0 Å². The number of aryl methyl sites for hydroxylation is 1. The van der Waals surface area contributed by atoms with E-state index >= 15 is 0 Å². The zero-order chi connectivity index (χ0) is 25.4. The van der Waals surface area contributed by atoms with Crippen molar-refractivity contribution in [2.24, 2.45) is 5.10 Å². The van der Waals surface area contributed by atoms with Crippen molar-refractivity contribution in [3.05, 3.63) is 78.9 Å². The van der Waals surface area contributed by atoms with Crippen LogP contribution in [0.2, 0.25) is 0 Å². The molecule has 0 saturated carbocycles. The minimum Gasteiger partial charge on any atom is -0.439 e. The number of carbonyl (C=O) groups is 1. The molecule has 2 N–H and O–H groups in total. The smallest absolute Gasteiger partial charge is 0.245 e. The number of nitrogens with zero attached hydrogens (tertiary/aromatic N) is 6. The molecule has 6 rings (SSSR count). The van der Waals surface area contributed by atoms with Crippen molar-refractivity contribution in [2.45, 2.75) is 25.8 Å². The number of aromatic nitrogens is 4. The van der Waals surface area contributed by atoms with Gasteiger partial charge in [-0.3, -0.25) is 4.79 Å². The van der Waals surface area contributed by atoms with E-state index in [2.05, 4.69) is 31.8 Å². The van der Waals surface area contributed by atoms with Crippen molar-refractivity contribution >= 4 is 34.3 Å². The largest absolute Gasteiger partial charge is 0.439 e. The fourth-order valence-corrected chi connectivity index (χ4v) is 4.70. The normalized spacial score (nSPS) is 15.4. The van der Waals surface area contributed by atoms with Crippen LogP contribution in [-0.2, 0) is 4.79 Å². The van der Waals surface area contributed by atoms with Gasteiger partial charge in [0.15, 0.2) is 11.7 Å². The summed E-state index contributed by atoms with van der Waals surface area (Å²) in [5.41, 5.74) is 3.61. The summed E-state index contributed by atoms with van der Waals surface area (Å²) in [5.74, 6) is 2.68. The summed E-state index contributed by atoms with van der Waals surface area (Å²) in [7, 11) is 0. The Labute approximate surface area is 213 Å². The molecular formula is C27H26N8O2. The van der Waals surface area contributed by atoms with Gasteiger partial charge < -0.3 is 19.9 Å². The second kappa shape index (κ2) is 9.38. The molecule has 1 aromatic carbocycles. The van der Waals surface area contributed by atoms with Crippen molar-refractivity contribution in [1.29, 1.82) is 0 Å². The summed E-state index contributed by atoms with van der Waals surface area (Å²) < 4.78 is 5.86. The summed E-state index contributed by atoms with van der Waals surface area (Å²) in [4.78, 5) is 30.4. The van der Waals surface area contributed by atoms with Crippen LogP contribution < -0.4 is 15.1 Å². The molecule has 186 valence electrons. The third-order valence-corrected chi connectivity index (χ3v) is 6.65. The maximum absolute atomic E-state index is 12.0. The number of likely N-dealkylation sites (tertiary alicyclic amines) is 1. The topological polar surface area (TPSA) is 112 Å². The molecule has 1 amide bonds. The maximum Gasteiger partial charge on any atom is 0.245 e. The van der Waals surface area contributed by atoms with Gasteiger partial charge in [0.05, 0.1) is 11.4 Å². The van der Waals surface area contributed by atoms with E-state index in [1.807, 2.05) is 59.4 Å². The minimum absolute atomic E-state index is 0.0362. The number of hydrogen-bond donors (Lipinski definition) is 2. The highest BCUT2D eigenvalue weighted by molar-refractivity contribution is 6.19. The summed E-state index contributed by atoms with van der Waals surface area (Å²) in [6.45, 7) is 6.89. The number of hydrazone groups is 1. The Morgan fingerprint density at radius 1 is 1.14 bits per heavy atom. The Morgan fingerprint density at radius 2 is 1.95 bits per heavy atom. The Morgan fingerprint density at radius 3 is 2.68 bits per heavy atom. The Kier molecular flexibility index (Phi) is 5.76. The molecule has 5 heterocycles. The molecule has 4 aromatic rings. The van der Waals surface area contributed by atoms with Crippen molar-refractivity contribution in [3.8, 4) is 11.6 Å². The van der Waals surface area contributed by atoms with E-state index in [9.17, 15) is 4.79 Å². The van der Waals surface area contributed by atoms with Gasteiger partial charge in [-0.25, -0.2) is 20.0 Å². The first kappa shape index (κ1) is 22.7. The van der Waals surface area contributed by atoms with Crippen LogP contribution >= 0.6 is 0 Å². The lowest BCUT2D eigenvalue weighted by molar-refractivity contribution is -0.127. The van der Waals surface area contributed by atoms with Crippen LogP contribution in [0.5, 0.6) is 11.6 Å². The van der Waals surface area contributed by atoms with Crippen LogP contribution in [0.3, 0.4) is 0 Å². The Bertz CT molecular complexity index is 1490. The molecule has 1 saturated heterocycles. The molecule has 37 heavy (non-hydrogen) atoms. The molecule has 0 aliphatic carbocycles. The van der Waals surface area contributed by atoms with Crippen LogP contribution in [0.25, 0.3) is 11.0 Å². The SMILES string of the molecule is C=CC(=O)N1CCC(N2N=C(Nc3ccc(Oc4ccc(C)cn4)cc3)c3c[nH]c4ncnc2c34)CC1.